The summed E-state index contributed by atoms with van der Waals surface area (Å²) in [4.78, 5) is 0. The molecule has 1 aliphatic heterocycles. The molecule has 0 atom stereocenters. The Hall–Kier alpha value is 0.674. The predicted octanol–water partition coefficient (Wildman–Crippen LogP) is 0.544. The molecule has 6 heavy (non-hydrogen) atoms. The van der Waals surface area contributed by atoms with Gasteiger partial charge in [0.05, 0.1) is 0 Å². The summed E-state index contributed by atoms with van der Waals surface area (Å²) >= 11 is 2.17. The van der Waals surface area contributed by atoms with E-state index < -0.39 is 0 Å². The third kappa shape index (κ3) is 1.07. The van der Waals surface area contributed by atoms with Gasteiger partial charge in [-0.05, 0) is 0 Å². The molecule has 0 aliphatic carbocycles. The molecule has 1 nitrogen and oxygen atoms in total. The molecule has 0 aromatic heterocycles. The molecule has 1 fully saturated rings. The fourth-order valence-corrected chi connectivity index (χ4v) is 1.21. The standard InChI is InChI=1S/C4H8N.Ti/c1-2-4-5-3-1;/h1-4H2;/q-1;+1. The summed E-state index contributed by atoms with van der Waals surface area (Å²) in [5, 5.41) is 0. The van der Waals surface area contributed by atoms with Gasteiger partial charge in [0.15, 0.2) is 0 Å². The van der Waals surface area contributed by atoms with Crippen molar-refractivity contribution in [2.45, 2.75) is 12.8 Å². The van der Waals surface area contributed by atoms with Crippen molar-refractivity contribution in [3.05, 3.63) is 0 Å². The third-order valence-electron chi connectivity index (χ3n) is 1.11. The van der Waals surface area contributed by atoms with Crippen LogP contribution in [0.1, 0.15) is 12.8 Å². The van der Waals surface area contributed by atoms with E-state index in [9.17, 15) is 0 Å². The molecule has 0 spiro atoms. The van der Waals surface area contributed by atoms with E-state index in [2.05, 4.69) is 24.1 Å². The zero-order valence-electron chi connectivity index (χ0n) is 3.78. The molecule has 0 aromatic carbocycles. The average Bonchev–Trinajstić information content (AvgIpc) is 1.86. The van der Waals surface area contributed by atoms with Gasteiger partial charge in [0, 0.05) is 0 Å². The molecule has 0 bridgehead atoms. The molecule has 0 aromatic rings. The summed E-state index contributed by atoms with van der Waals surface area (Å²) in [5.41, 5.74) is 0. The Morgan fingerprint density at radius 2 is 1.67 bits per heavy atom. The summed E-state index contributed by atoms with van der Waals surface area (Å²) in [5.74, 6) is 0. The molecule has 1 aliphatic rings. The fourth-order valence-electron chi connectivity index (χ4n) is 0.717. The van der Waals surface area contributed by atoms with Gasteiger partial charge in [0.2, 0.25) is 0 Å². The average molecular weight is 118 g/mol. The van der Waals surface area contributed by atoms with Gasteiger partial charge in [0.25, 0.3) is 0 Å². The Morgan fingerprint density at radius 3 is 1.83 bits per heavy atom. The van der Waals surface area contributed by atoms with Crippen molar-refractivity contribution in [3.8, 4) is 0 Å². The SMILES string of the molecule is [Ti][N]1CCCC1. The van der Waals surface area contributed by atoms with Gasteiger partial charge >= 0.3 is 50.0 Å². The van der Waals surface area contributed by atoms with Crippen molar-refractivity contribution in [1.29, 1.82) is 0 Å². The Kier molecular flexibility index (Phi) is 1.69. The first-order chi connectivity index (χ1) is 2.89. The first-order valence-electron chi connectivity index (χ1n) is 2.36. The second kappa shape index (κ2) is 2.11. The second-order valence-corrected chi connectivity index (χ2v) is 2.68. The first kappa shape index (κ1) is 4.82. The molecule has 2 heteroatoms. The van der Waals surface area contributed by atoms with Crippen molar-refractivity contribution in [1.82, 2.24) is 3.38 Å². The topological polar surface area (TPSA) is 3.24 Å². The molecule has 1 heterocycles. The van der Waals surface area contributed by atoms with Crippen molar-refractivity contribution >= 4 is 0 Å². The van der Waals surface area contributed by atoms with Crippen molar-refractivity contribution < 1.29 is 20.7 Å². The van der Waals surface area contributed by atoms with Crippen LogP contribution >= 0.6 is 0 Å². The summed E-state index contributed by atoms with van der Waals surface area (Å²) in [7, 11) is 0. The van der Waals surface area contributed by atoms with E-state index in [-0.39, 0.29) is 0 Å². The Bertz CT molecular complexity index is 40.8. The van der Waals surface area contributed by atoms with E-state index in [0.717, 1.165) is 0 Å². The first-order valence-corrected chi connectivity index (χ1v) is 3.05. The second-order valence-electron chi connectivity index (χ2n) is 1.69. The number of hydrogen-bond donors (Lipinski definition) is 0. The van der Waals surface area contributed by atoms with E-state index >= 15 is 0 Å². The minimum absolute atomic E-state index is 1.32. The Morgan fingerprint density at radius 1 is 1.17 bits per heavy atom. The summed E-state index contributed by atoms with van der Waals surface area (Å²) in [6, 6.07) is 0. The van der Waals surface area contributed by atoms with Crippen LogP contribution in [-0.4, -0.2) is 16.5 Å². The van der Waals surface area contributed by atoms with E-state index in [0.29, 0.717) is 0 Å². The van der Waals surface area contributed by atoms with Crippen LogP contribution in [0, 0.1) is 0 Å². The number of hydrogen-bond acceptors (Lipinski definition) is 1. The van der Waals surface area contributed by atoms with E-state index in [1.54, 1.807) is 0 Å². The minimum atomic E-state index is 1.32. The van der Waals surface area contributed by atoms with E-state index in [1.807, 2.05) is 0 Å². The van der Waals surface area contributed by atoms with Gasteiger partial charge in [-0.3, -0.25) is 0 Å². The van der Waals surface area contributed by atoms with Crippen LogP contribution in [0.5, 0.6) is 0 Å². The Labute approximate surface area is 50.4 Å². The zero-order valence-corrected chi connectivity index (χ0v) is 5.34. The van der Waals surface area contributed by atoms with E-state index in [4.69, 9.17) is 0 Å². The van der Waals surface area contributed by atoms with Crippen LogP contribution in [-0.2, 0) is 20.7 Å². The molecule has 0 unspecified atom stereocenters. The molecule has 1 saturated heterocycles. The molecule has 0 radical (unpaired) electrons. The molecular weight excluding hydrogens is 110 g/mol. The van der Waals surface area contributed by atoms with Crippen LogP contribution in [0.15, 0.2) is 0 Å². The van der Waals surface area contributed by atoms with Gasteiger partial charge < -0.3 is 0 Å². The third-order valence-corrected chi connectivity index (χ3v) is 1.80. The van der Waals surface area contributed by atoms with Crippen molar-refractivity contribution in [2.75, 3.05) is 13.1 Å². The molecule has 0 N–H and O–H groups in total. The van der Waals surface area contributed by atoms with Crippen LogP contribution in [0.2, 0.25) is 0 Å². The van der Waals surface area contributed by atoms with Gasteiger partial charge in [-0.2, -0.15) is 0 Å². The van der Waals surface area contributed by atoms with Crippen LogP contribution in [0.25, 0.3) is 0 Å². The van der Waals surface area contributed by atoms with Gasteiger partial charge in [-0.1, -0.05) is 0 Å². The van der Waals surface area contributed by atoms with Gasteiger partial charge in [-0.25, -0.2) is 0 Å². The molecule has 1 rings (SSSR count). The summed E-state index contributed by atoms with van der Waals surface area (Å²) in [6.45, 7) is 2.64. The Balaban J connectivity index is 2.18. The zero-order chi connectivity index (χ0) is 4.41. The maximum atomic E-state index is 2.36. The van der Waals surface area contributed by atoms with Crippen molar-refractivity contribution in [3.63, 3.8) is 0 Å². The quantitative estimate of drug-likeness (QED) is 0.419. The molecule has 0 saturated carbocycles. The van der Waals surface area contributed by atoms with E-state index in [1.165, 1.54) is 25.9 Å². The summed E-state index contributed by atoms with van der Waals surface area (Å²) < 4.78 is 2.36. The van der Waals surface area contributed by atoms with Crippen LogP contribution in [0.3, 0.4) is 0 Å². The monoisotopic (exact) mass is 118 g/mol. The number of rotatable bonds is 0. The van der Waals surface area contributed by atoms with Gasteiger partial charge in [-0.15, -0.1) is 0 Å². The van der Waals surface area contributed by atoms with Gasteiger partial charge in [0.1, 0.15) is 0 Å². The molecule has 33 valence electrons. The predicted molar refractivity (Wildman–Crippen MR) is 20.8 cm³/mol. The maximum absolute atomic E-state index is 2.36. The normalized spacial score (nSPS) is 25.2. The summed E-state index contributed by atoms with van der Waals surface area (Å²) in [6.07, 6.45) is 2.83. The molecule has 0 amide bonds. The fraction of sp³-hybridized carbons (Fsp3) is 1.00. The van der Waals surface area contributed by atoms with Crippen LogP contribution in [0.4, 0.5) is 0 Å². The number of nitrogens with zero attached hydrogens (tertiary/aromatic N) is 1. The van der Waals surface area contributed by atoms with Crippen LogP contribution < -0.4 is 0 Å². The van der Waals surface area contributed by atoms with Crippen molar-refractivity contribution in [2.24, 2.45) is 0 Å². The molecular formula is C4H8NTi.